The second kappa shape index (κ2) is 6.17. The van der Waals surface area contributed by atoms with E-state index in [1.165, 1.54) is 5.56 Å². The minimum atomic E-state index is 0.127. The Morgan fingerprint density at radius 1 is 1.05 bits per heavy atom. The molecule has 2 rings (SSSR count). The lowest BCUT2D eigenvalue weighted by Crippen LogP contribution is -2.17. The molecule has 0 saturated carbocycles. The van der Waals surface area contributed by atoms with Crippen molar-refractivity contribution >= 4 is 11.9 Å². The Balaban J connectivity index is 2.07. The molecular formula is C16H23N5O. The summed E-state index contributed by atoms with van der Waals surface area (Å²) < 4.78 is 5.72. The van der Waals surface area contributed by atoms with E-state index in [1.807, 2.05) is 26.2 Å². The van der Waals surface area contributed by atoms with E-state index in [0.29, 0.717) is 11.8 Å². The van der Waals surface area contributed by atoms with E-state index < -0.39 is 0 Å². The lowest BCUT2D eigenvalue weighted by molar-refractivity contribution is 0.295. The molecule has 0 aliphatic heterocycles. The highest BCUT2D eigenvalue weighted by molar-refractivity contribution is 5.33. The SMILES string of the molecule is CN(C)c1nc(N)nc(COc2ccc(C(C)(C)C)cc2)n1. The molecule has 0 bridgehead atoms. The Morgan fingerprint density at radius 3 is 2.23 bits per heavy atom. The van der Waals surface area contributed by atoms with E-state index in [0.717, 1.165) is 5.75 Å². The van der Waals surface area contributed by atoms with Crippen molar-refractivity contribution in [2.45, 2.75) is 32.8 Å². The molecule has 0 atom stereocenters. The van der Waals surface area contributed by atoms with E-state index in [-0.39, 0.29) is 18.0 Å². The normalized spacial score (nSPS) is 11.3. The summed E-state index contributed by atoms with van der Waals surface area (Å²) in [4.78, 5) is 14.2. The largest absolute Gasteiger partial charge is 0.486 e. The van der Waals surface area contributed by atoms with Crippen LogP contribution in [0.25, 0.3) is 0 Å². The average molecular weight is 301 g/mol. The Bertz CT molecular complexity index is 632. The van der Waals surface area contributed by atoms with Gasteiger partial charge in [0.05, 0.1) is 0 Å². The van der Waals surface area contributed by atoms with Crippen molar-refractivity contribution in [2.75, 3.05) is 24.7 Å². The van der Waals surface area contributed by atoms with Crippen molar-refractivity contribution in [3.63, 3.8) is 0 Å². The summed E-state index contributed by atoms with van der Waals surface area (Å²) in [7, 11) is 3.70. The maximum Gasteiger partial charge on any atom is 0.230 e. The number of nitrogen functional groups attached to an aromatic ring is 1. The number of hydrogen-bond acceptors (Lipinski definition) is 6. The van der Waals surface area contributed by atoms with Crippen molar-refractivity contribution in [2.24, 2.45) is 0 Å². The molecule has 1 aromatic carbocycles. The molecule has 2 N–H and O–H groups in total. The number of rotatable bonds is 4. The highest BCUT2D eigenvalue weighted by atomic mass is 16.5. The van der Waals surface area contributed by atoms with Crippen LogP contribution in [0.3, 0.4) is 0 Å². The van der Waals surface area contributed by atoms with Crippen LogP contribution in [0.15, 0.2) is 24.3 Å². The van der Waals surface area contributed by atoms with E-state index in [9.17, 15) is 0 Å². The Kier molecular flexibility index (Phi) is 4.49. The molecule has 118 valence electrons. The third kappa shape index (κ3) is 4.07. The van der Waals surface area contributed by atoms with Crippen LogP contribution in [0, 0.1) is 0 Å². The number of aromatic nitrogens is 3. The molecule has 6 nitrogen and oxygen atoms in total. The zero-order valence-electron chi connectivity index (χ0n) is 13.8. The van der Waals surface area contributed by atoms with Crippen LogP contribution >= 0.6 is 0 Å². The molecule has 1 aromatic heterocycles. The fourth-order valence-electron chi connectivity index (χ4n) is 1.89. The standard InChI is InChI=1S/C16H23N5O/c1-16(2,3)11-6-8-12(9-7-11)22-10-13-18-14(17)20-15(19-13)21(4)5/h6-9H,10H2,1-5H3,(H2,17,18,19,20). The smallest absolute Gasteiger partial charge is 0.230 e. The fraction of sp³-hybridized carbons (Fsp3) is 0.438. The van der Waals surface area contributed by atoms with Gasteiger partial charge in [0.25, 0.3) is 0 Å². The summed E-state index contributed by atoms with van der Waals surface area (Å²) in [6.45, 7) is 6.79. The van der Waals surface area contributed by atoms with Crippen LogP contribution in [0.2, 0.25) is 0 Å². The molecule has 22 heavy (non-hydrogen) atoms. The van der Waals surface area contributed by atoms with Crippen LogP contribution in [-0.2, 0) is 12.0 Å². The van der Waals surface area contributed by atoms with E-state index in [2.05, 4.69) is 47.9 Å². The zero-order valence-corrected chi connectivity index (χ0v) is 13.8. The third-order valence-electron chi connectivity index (χ3n) is 3.18. The van der Waals surface area contributed by atoms with Crippen LogP contribution in [0.1, 0.15) is 32.2 Å². The van der Waals surface area contributed by atoms with Crippen LogP contribution in [-0.4, -0.2) is 29.0 Å². The maximum atomic E-state index is 5.72. The second-order valence-electron chi connectivity index (χ2n) is 6.37. The summed E-state index contributed by atoms with van der Waals surface area (Å²) in [5.74, 6) is 2.00. The van der Waals surface area contributed by atoms with Gasteiger partial charge in [0.1, 0.15) is 12.4 Å². The van der Waals surface area contributed by atoms with Crippen molar-refractivity contribution in [3.8, 4) is 5.75 Å². The first-order valence-corrected chi connectivity index (χ1v) is 7.17. The zero-order chi connectivity index (χ0) is 16.3. The molecule has 0 spiro atoms. The van der Waals surface area contributed by atoms with Gasteiger partial charge in [0, 0.05) is 14.1 Å². The lowest BCUT2D eigenvalue weighted by Gasteiger charge is -2.19. The average Bonchev–Trinajstić information content (AvgIpc) is 2.44. The van der Waals surface area contributed by atoms with Crippen molar-refractivity contribution in [1.29, 1.82) is 0 Å². The van der Waals surface area contributed by atoms with Gasteiger partial charge in [0.2, 0.25) is 11.9 Å². The summed E-state index contributed by atoms with van der Waals surface area (Å²) in [6.07, 6.45) is 0. The minimum Gasteiger partial charge on any atom is -0.486 e. The quantitative estimate of drug-likeness (QED) is 0.934. The van der Waals surface area contributed by atoms with Crippen LogP contribution in [0.4, 0.5) is 11.9 Å². The maximum absolute atomic E-state index is 5.72. The van der Waals surface area contributed by atoms with Gasteiger partial charge in [-0.1, -0.05) is 32.9 Å². The molecule has 1 heterocycles. The second-order valence-corrected chi connectivity index (χ2v) is 6.37. The summed E-state index contributed by atoms with van der Waals surface area (Å²) in [6, 6.07) is 8.06. The molecule has 0 radical (unpaired) electrons. The third-order valence-corrected chi connectivity index (χ3v) is 3.18. The summed E-state index contributed by atoms with van der Waals surface area (Å²) in [5.41, 5.74) is 7.08. The molecular weight excluding hydrogens is 278 g/mol. The molecule has 0 saturated heterocycles. The summed E-state index contributed by atoms with van der Waals surface area (Å²) in [5, 5.41) is 0. The predicted molar refractivity (Wildman–Crippen MR) is 88.0 cm³/mol. The number of anilines is 2. The Labute approximate surface area is 131 Å². The van der Waals surface area contributed by atoms with Gasteiger partial charge >= 0.3 is 0 Å². The highest BCUT2D eigenvalue weighted by Gasteiger charge is 2.13. The lowest BCUT2D eigenvalue weighted by atomic mass is 9.87. The molecule has 0 unspecified atom stereocenters. The molecule has 0 fully saturated rings. The van der Waals surface area contributed by atoms with E-state index in [1.54, 1.807) is 4.90 Å². The first-order chi connectivity index (χ1) is 10.3. The summed E-state index contributed by atoms with van der Waals surface area (Å²) >= 11 is 0. The van der Waals surface area contributed by atoms with Crippen molar-refractivity contribution < 1.29 is 4.74 Å². The Morgan fingerprint density at radius 2 is 1.68 bits per heavy atom. The van der Waals surface area contributed by atoms with Crippen molar-refractivity contribution in [3.05, 3.63) is 35.7 Å². The molecule has 0 aliphatic carbocycles. The molecule has 0 aliphatic rings. The van der Waals surface area contributed by atoms with Gasteiger partial charge in [-0.2, -0.15) is 15.0 Å². The number of hydrogen-bond donors (Lipinski definition) is 1. The monoisotopic (exact) mass is 301 g/mol. The minimum absolute atomic E-state index is 0.127. The van der Waals surface area contributed by atoms with Gasteiger partial charge in [0.15, 0.2) is 5.82 Å². The van der Waals surface area contributed by atoms with E-state index in [4.69, 9.17) is 10.5 Å². The van der Waals surface area contributed by atoms with Gasteiger partial charge in [-0.3, -0.25) is 0 Å². The van der Waals surface area contributed by atoms with Gasteiger partial charge in [-0.15, -0.1) is 0 Å². The molecule has 6 heteroatoms. The topological polar surface area (TPSA) is 77.2 Å². The van der Waals surface area contributed by atoms with Gasteiger partial charge < -0.3 is 15.4 Å². The first kappa shape index (κ1) is 16.0. The highest BCUT2D eigenvalue weighted by Crippen LogP contribution is 2.24. The van der Waals surface area contributed by atoms with E-state index >= 15 is 0 Å². The fourth-order valence-corrected chi connectivity index (χ4v) is 1.89. The van der Waals surface area contributed by atoms with Gasteiger partial charge in [-0.25, -0.2) is 0 Å². The number of ether oxygens (including phenoxy) is 1. The van der Waals surface area contributed by atoms with Gasteiger partial charge in [-0.05, 0) is 23.1 Å². The number of benzene rings is 1. The predicted octanol–water partition coefficient (Wildman–Crippen LogP) is 2.40. The first-order valence-electron chi connectivity index (χ1n) is 7.17. The molecule has 2 aromatic rings. The number of nitrogens with zero attached hydrogens (tertiary/aromatic N) is 4. The van der Waals surface area contributed by atoms with Crippen LogP contribution < -0.4 is 15.4 Å². The number of nitrogens with two attached hydrogens (primary N) is 1. The Hall–Kier alpha value is -2.37. The van der Waals surface area contributed by atoms with Crippen LogP contribution in [0.5, 0.6) is 5.75 Å². The molecule has 0 amide bonds. The van der Waals surface area contributed by atoms with Crippen molar-refractivity contribution in [1.82, 2.24) is 15.0 Å².